The highest BCUT2D eigenvalue weighted by molar-refractivity contribution is 7.94. The largest absolute Gasteiger partial charge is 0.366 e. The maximum Gasteiger partial charge on any atom is 0.306 e. The Morgan fingerprint density at radius 3 is 2.35 bits per heavy atom. The molecule has 0 bridgehead atoms. The fraction of sp³-hybridized carbons (Fsp3) is 0.0909. The van der Waals surface area contributed by atoms with Crippen molar-refractivity contribution in [2.45, 2.75) is 11.1 Å². The van der Waals surface area contributed by atoms with Gasteiger partial charge in [-0.3, -0.25) is 14.3 Å². The van der Waals surface area contributed by atoms with Gasteiger partial charge in [-0.05, 0) is 31.2 Å². The average Bonchev–Trinajstić information content (AvgIpc) is 2.69. The van der Waals surface area contributed by atoms with E-state index in [0.717, 1.165) is 0 Å². The Morgan fingerprint density at radius 1 is 1.30 bits per heavy atom. The van der Waals surface area contributed by atoms with E-state index in [1.807, 2.05) is 0 Å². The molecular weight excluding hydrogens is 302 g/mol. The monoisotopic (exact) mass is 313 g/mol. The number of amides is 1. The highest BCUT2D eigenvalue weighted by Crippen LogP contribution is 2.20. The van der Waals surface area contributed by atoms with Gasteiger partial charge in [0.1, 0.15) is 0 Å². The fourth-order valence-electron chi connectivity index (χ4n) is 1.55. The molecule has 0 atom stereocenters. The Hall–Kier alpha value is -2.13. The van der Waals surface area contributed by atoms with Crippen LogP contribution in [0.25, 0.3) is 0 Å². The van der Waals surface area contributed by atoms with Gasteiger partial charge < -0.3 is 10.7 Å². The molecule has 1 amide bonds. The summed E-state index contributed by atoms with van der Waals surface area (Å²) in [5, 5.41) is 0. The molecule has 2 aromatic rings. The van der Waals surface area contributed by atoms with Crippen LogP contribution in [0.3, 0.4) is 0 Å². The minimum Gasteiger partial charge on any atom is -0.366 e. The first-order valence-electron chi connectivity index (χ1n) is 5.42. The molecule has 0 unspecified atom stereocenters. The van der Waals surface area contributed by atoms with Crippen molar-refractivity contribution in [2.24, 2.45) is 5.73 Å². The van der Waals surface area contributed by atoms with Crippen LogP contribution in [-0.4, -0.2) is 19.3 Å². The van der Waals surface area contributed by atoms with E-state index in [0.29, 0.717) is 11.3 Å². The van der Waals surface area contributed by atoms with Crippen LogP contribution >= 0.6 is 11.3 Å². The number of nitrogens with two attached hydrogens (primary N) is 1. The summed E-state index contributed by atoms with van der Waals surface area (Å²) in [5.41, 5.74) is 5.92. The van der Waals surface area contributed by atoms with Crippen molar-refractivity contribution >= 4 is 33.0 Å². The first kappa shape index (κ1) is 14.3. The van der Waals surface area contributed by atoms with Gasteiger partial charge in [0.25, 0.3) is 10.0 Å². The Bertz CT molecular complexity index is 803. The van der Waals surface area contributed by atoms with Crippen LogP contribution in [0.4, 0.5) is 5.69 Å². The van der Waals surface area contributed by atoms with Crippen molar-refractivity contribution in [3.05, 3.63) is 45.2 Å². The number of nitrogens with one attached hydrogen (secondary N) is 2. The molecule has 1 aromatic carbocycles. The number of primary amides is 1. The van der Waals surface area contributed by atoms with E-state index in [2.05, 4.69) is 9.71 Å². The molecule has 1 aromatic heterocycles. The number of thiazole rings is 1. The quantitative estimate of drug-likeness (QED) is 0.766. The molecule has 0 aliphatic carbocycles. The molecular formula is C11H11N3O4S2. The number of aromatic amines is 1. The van der Waals surface area contributed by atoms with E-state index in [1.54, 1.807) is 0 Å². The van der Waals surface area contributed by atoms with Gasteiger partial charge in [0.2, 0.25) is 5.91 Å². The van der Waals surface area contributed by atoms with Gasteiger partial charge in [-0.2, -0.15) is 0 Å². The molecule has 0 saturated carbocycles. The number of aryl methyl sites for hydroxylation is 1. The van der Waals surface area contributed by atoms with E-state index < -0.39 is 20.8 Å². The fourth-order valence-corrected chi connectivity index (χ4v) is 3.91. The van der Waals surface area contributed by atoms with E-state index >= 15 is 0 Å². The standard InChI is InChI=1S/C11H11N3O4S2/c1-6-10(19-11(16)13-6)20(17,18)14-8-4-2-7(3-5-8)9(12)15/h2-5,14H,1H3,(H2,12,15)(H,13,16). The zero-order chi connectivity index (χ0) is 14.9. The predicted molar refractivity (Wildman–Crippen MR) is 75.4 cm³/mol. The predicted octanol–water partition coefficient (Wildman–Crippen LogP) is 0.645. The first-order valence-corrected chi connectivity index (χ1v) is 7.72. The maximum absolute atomic E-state index is 12.1. The van der Waals surface area contributed by atoms with E-state index in [1.165, 1.54) is 31.2 Å². The van der Waals surface area contributed by atoms with Crippen molar-refractivity contribution in [3.63, 3.8) is 0 Å². The Labute approximate surface area is 118 Å². The van der Waals surface area contributed by atoms with Crippen LogP contribution < -0.4 is 15.3 Å². The molecule has 7 nitrogen and oxygen atoms in total. The summed E-state index contributed by atoms with van der Waals surface area (Å²) in [5.74, 6) is -0.598. The van der Waals surface area contributed by atoms with Crippen LogP contribution in [-0.2, 0) is 10.0 Å². The zero-order valence-electron chi connectivity index (χ0n) is 10.3. The molecule has 0 aliphatic rings. The molecule has 4 N–H and O–H groups in total. The van der Waals surface area contributed by atoms with Gasteiger partial charge in [-0.15, -0.1) is 0 Å². The number of hydrogen-bond acceptors (Lipinski definition) is 5. The SMILES string of the molecule is Cc1[nH]c(=O)sc1S(=O)(=O)Nc1ccc(C(N)=O)cc1. The van der Waals surface area contributed by atoms with E-state index in [4.69, 9.17) is 5.73 Å². The molecule has 0 saturated heterocycles. The van der Waals surface area contributed by atoms with Crippen LogP contribution in [0, 0.1) is 6.92 Å². The summed E-state index contributed by atoms with van der Waals surface area (Å²) in [6.45, 7) is 1.50. The van der Waals surface area contributed by atoms with Crippen LogP contribution in [0.15, 0.2) is 33.3 Å². The lowest BCUT2D eigenvalue weighted by Gasteiger charge is -2.07. The number of carbonyl (C=O) groups excluding carboxylic acids is 1. The van der Waals surface area contributed by atoms with Gasteiger partial charge in [0.05, 0.1) is 0 Å². The van der Waals surface area contributed by atoms with Crippen molar-refractivity contribution in [1.82, 2.24) is 4.98 Å². The Kier molecular flexibility index (Phi) is 3.64. The number of anilines is 1. The second-order valence-electron chi connectivity index (χ2n) is 3.97. The number of hydrogen-bond donors (Lipinski definition) is 3. The van der Waals surface area contributed by atoms with Gasteiger partial charge in [0, 0.05) is 16.9 Å². The van der Waals surface area contributed by atoms with Crippen molar-refractivity contribution in [1.29, 1.82) is 0 Å². The molecule has 0 fully saturated rings. The first-order chi connectivity index (χ1) is 9.29. The molecule has 9 heteroatoms. The number of aromatic nitrogens is 1. The lowest BCUT2D eigenvalue weighted by molar-refractivity contribution is 0.100. The summed E-state index contributed by atoms with van der Waals surface area (Å²) in [6, 6.07) is 5.66. The summed E-state index contributed by atoms with van der Waals surface area (Å²) in [6.07, 6.45) is 0. The second-order valence-corrected chi connectivity index (χ2v) is 6.83. The molecule has 0 aliphatic heterocycles. The molecule has 106 valence electrons. The summed E-state index contributed by atoms with van der Waals surface area (Å²) >= 11 is 0.613. The Balaban J connectivity index is 2.31. The van der Waals surface area contributed by atoms with Gasteiger partial charge in [0.15, 0.2) is 4.21 Å². The molecule has 2 rings (SSSR count). The smallest absolute Gasteiger partial charge is 0.306 e. The van der Waals surface area contributed by atoms with Crippen molar-refractivity contribution in [2.75, 3.05) is 4.72 Å². The normalized spacial score (nSPS) is 11.2. The Morgan fingerprint density at radius 2 is 1.90 bits per heavy atom. The highest BCUT2D eigenvalue weighted by Gasteiger charge is 2.20. The molecule has 1 heterocycles. The third-order valence-corrected chi connectivity index (χ3v) is 5.43. The zero-order valence-corrected chi connectivity index (χ0v) is 12.0. The molecule has 0 radical (unpaired) electrons. The number of rotatable bonds is 4. The molecule has 20 heavy (non-hydrogen) atoms. The summed E-state index contributed by atoms with van der Waals surface area (Å²) in [4.78, 5) is 24.0. The average molecular weight is 313 g/mol. The highest BCUT2D eigenvalue weighted by atomic mass is 32.2. The van der Waals surface area contributed by atoms with Crippen LogP contribution in [0.2, 0.25) is 0 Å². The number of carbonyl (C=O) groups is 1. The van der Waals surface area contributed by atoms with E-state index in [9.17, 15) is 18.0 Å². The van der Waals surface area contributed by atoms with Gasteiger partial charge in [-0.25, -0.2) is 8.42 Å². The number of H-pyrrole nitrogens is 1. The molecule has 0 spiro atoms. The van der Waals surface area contributed by atoms with E-state index in [-0.39, 0.29) is 21.2 Å². The topological polar surface area (TPSA) is 122 Å². The second kappa shape index (κ2) is 5.10. The van der Waals surface area contributed by atoms with Crippen LogP contribution in [0.5, 0.6) is 0 Å². The summed E-state index contributed by atoms with van der Waals surface area (Å²) in [7, 11) is -3.84. The number of benzene rings is 1. The number of sulfonamides is 1. The third kappa shape index (κ3) is 2.89. The van der Waals surface area contributed by atoms with Gasteiger partial charge >= 0.3 is 4.87 Å². The lowest BCUT2D eigenvalue weighted by Crippen LogP contribution is -2.14. The summed E-state index contributed by atoms with van der Waals surface area (Å²) < 4.78 is 26.5. The third-order valence-electron chi connectivity index (χ3n) is 2.45. The minimum absolute atomic E-state index is 0.0681. The van der Waals surface area contributed by atoms with Crippen molar-refractivity contribution in [3.8, 4) is 0 Å². The van der Waals surface area contributed by atoms with Gasteiger partial charge in [-0.1, -0.05) is 11.3 Å². The van der Waals surface area contributed by atoms with Crippen molar-refractivity contribution < 1.29 is 13.2 Å². The minimum atomic E-state index is -3.84. The lowest BCUT2D eigenvalue weighted by atomic mass is 10.2. The maximum atomic E-state index is 12.1. The van der Waals surface area contributed by atoms with Crippen LogP contribution in [0.1, 0.15) is 16.1 Å².